The Bertz CT molecular complexity index is 2370. The van der Waals surface area contributed by atoms with E-state index in [2.05, 4.69) is 6.58 Å². The van der Waals surface area contributed by atoms with Gasteiger partial charge in [0, 0.05) is 46.7 Å². The molecule has 0 spiro atoms. The third kappa shape index (κ3) is 4.28. The first-order chi connectivity index (χ1) is 22.0. The van der Waals surface area contributed by atoms with Crippen LogP contribution in [0.25, 0.3) is 38.9 Å². The number of hydrogen-bond donors (Lipinski definition) is 3. The Hall–Kier alpha value is -5.18. The van der Waals surface area contributed by atoms with Gasteiger partial charge in [-0.2, -0.15) is 0 Å². The highest BCUT2D eigenvalue weighted by atomic mass is 16.5. The fourth-order valence-electron chi connectivity index (χ4n) is 7.34. The number of phenolic OH excluding ortho intramolecular Hbond substituents is 3. The standard InChI is InChI=1S/C38H37NO8/c1-9-36(2,3)27-34-20(13-14-23(41)45-34)31(43)24-21(17-38(6,7)47-35(24)27)25-32(44)26-29(19-15-16-37(4,5)46-33(19)25)39(8)28-18(30(26)42)11-10-12-22(28)40/h9-16,21,40,43-44H,1,17H2,2-8H3/t21-/m0/s1. The van der Waals surface area contributed by atoms with Crippen molar-refractivity contribution in [3.05, 3.63) is 92.0 Å². The number of hydrogen-bond acceptors (Lipinski definition) is 8. The van der Waals surface area contributed by atoms with Gasteiger partial charge in [-0.1, -0.05) is 26.0 Å². The molecule has 0 radical (unpaired) electrons. The molecular formula is C38H37NO8. The van der Waals surface area contributed by atoms with Crippen LogP contribution in [0.15, 0.2) is 63.1 Å². The lowest BCUT2D eigenvalue weighted by molar-refractivity contribution is 0.0728. The SMILES string of the molecule is C=CC(C)(C)c1c2c(c(O)c3ccc(=O)oc13)[C@@H](c1c3c(c4c(c1O)c(=O)c1cccc(O)c1n4C)C=CC(C)(C)O3)CC(C)(C)O2. The van der Waals surface area contributed by atoms with Gasteiger partial charge in [0.1, 0.15) is 45.5 Å². The normalized spacial score (nSPS) is 18.1. The number of rotatable bonds is 3. The molecule has 7 rings (SSSR count). The minimum atomic E-state index is -0.854. The summed E-state index contributed by atoms with van der Waals surface area (Å²) in [5, 5.41) is 35.9. The maximum Gasteiger partial charge on any atom is 0.336 e. The van der Waals surface area contributed by atoms with E-state index >= 15 is 0 Å². The van der Waals surface area contributed by atoms with E-state index in [9.17, 15) is 24.9 Å². The third-order valence-corrected chi connectivity index (χ3v) is 9.61. The molecule has 0 unspecified atom stereocenters. The van der Waals surface area contributed by atoms with E-state index in [0.717, 1.165) is 0 Å². The average Bonchev–Trinajstić information content (AvgIpc) is 2.97. The van der Waals surface area contributed by atoms with Gasteiger partial charge >= 0.3 is 5.63 Å². The molecule has 2 aliphatic heterocycles. The zero-order valence-electron chi connectivity index (χ0n) is 27.4. The van der Waals surface area contributed by atoms with E-state index in [-0.39, 0.29) is 40.0 Å². The van der Waals surface area contributed by atoms with Crippen molar-refractivity contribution in [3.63, 3.8) is 0 Å². The van der Waals surface area contributed by atoms with Crippen molar-refractivity contribution in [3.8, 4) is 28.7 Å². The second-order valence-corrected chi connectivity index (χ2v) is 14.3. The Balaban J connectivity index is 1.70. The average molecular weight is 636 g/mol. The molecule has 0 bridgehead atoms. The summed E-state index contributed by atoms with van der Waals surface area (Å²) < 4.78 is 20.7. The van der Waals surface area contributed by atoms with Crippen molar-refractivity contribution in [1.82, 2.24) is 4.57 Å². The lowest BCUT2D eigenvalue weighted by Gasteiger charge is -2.42. The minimum absolute atomic E-state index is 0.0658. The zero-order valence-corrected chi connectivity index (χ0v) is 27.4. The van der Waals surface area contributed by atoms with Crippen LogP contribution in [0, 0.1) is 0 Å². The van der Waals surface area contributed by atoms with Crippen LogP contribution < -0.4 is 20.5 Å². The van der Waals surface area contributed by atoms with Gasteiger partial charge in [-0.3, -0.25) is 4.79 Å². The Labute approximate surface area is 270 Å². The van der Waals surface area contributed by atoms with Gasteiger partial charge in [0.25, 0.3) is 0 Å². The molecule has 0 saturated heterocycles. The van der Waals surface area contributed by atoms with Crippen molar-refractivity contribution in [2.24, 2.45) is 7.05 Å². The summed E-state index contributed by atoms with van der Waals surface area (Å²) in [6, 6.07) is 7.49. The number of aromatic nitrogens is 1. The van der Waals surface area contributed by atoms with Gasteiger partial charge in [0.05, 0.1) is 27.2 Å². The smallest absolute Gasteiger partial charge is 0.336 e. The first-order valence-corrected chi connectivity index (χ1v) is 15.5. The first-order valence-electron chi connectivity index (χ1n) is 15.5. The van der Waals surface area contributed by atoms with E-state index in [4.69, 9.17) is 13.9 Å². The molecule has 242 valence electrons. The van der Waals surface area contributed by atoms with Crippen LogP contribution in [0.1, 0.15) is 76.1 Å². The van der Waals surface area contributed by atoms with Gasteiger partial charge in [-0.05, 0) is 64.5 Å². The number of allylic oxidation sites excluding steroid dienone is 1. The van der Waals surface area contributed by atoms with Crippen molar-refractivity contribution in [2.45, 2.75) is 70.5 Å². The van der Waals surface area contributed by atoms with Gasteiger partial charge in [-0.25, -0.2) is 4.79 Å². The first kappa shape index (κ1) is 30.5. The summed E-state index contributed by atoms with van der Waals surface area (Å²) >= 11 is 0. The number of nitrogens with zero attached hydrogens (tertiary/aromatic N) is 1. The minimum Gasteiger partial charge on any atom is -0.507 e. The highest BCUT2D eigenvalue weighted by molar-refractivity contribution is 6.05. The summed E-state index contributed by atoms with van der Waals surface area (Å²) in [5.74, 6) is -0.598. The predicted molar refractivity (Wildman–Crippen MR) is 182 cm³/mol. The number of pyridine rings is 1. The van der Waals surface area contributed by atoms with Crippen LogP contribution in [0.3, 0.4) is 0 Å². The number of aryl methyl sites for hydroxylation is 1. The van der Waals surface area contributed by atoms with Crippen LogP contribution in [-0.2, 0) is 12.5 Å². The highest BCUT2D eigenvalue weighted by Crippen LogP contribution is 2.59. The van der Waals surface area contributed by atoms with E-state index in [1.54, 1.807) is 29.8 Å². The number of aromatic hydroxyl groups is 3. The molecule has 1 atom stereocenters. The monoisotopic (exact) mass is 635 g/mol. The molecule has 5 aromatic rings. The van der Waals surface area contributed by atoms with Crippen LogP contribution in [0.4, 0.5) is 0 Å². The molecule has 4 heterocycles. The summed E-state index contributed by atoms with van der Waals surface area (Å²) in [7, 11) is 1.74. The van der Waals surface area contributed by atoms with Crippen molar-refractivity contribution in [2.75, 3.05) is 0 Å². The van der Waals surface area contributed by atoms with E-state index in [1.165, 1.54) is 18.2 Å². The molecule has 3 N–H and O–H groups in total. The lowest BCUT2D eigenvalue weighted by Crippen LogP contribution is -2.37. The van der Waals surface area contributed by atoms with Gasteiger partial charge in [-0.15, -0.1) is 6.58 Å². The van der Waals surface area contributed by atoms with Gasteiger partial charge in [0.15, 0.2) is 0 Å². The fraction of sp³-hybridized carbons (Fsp3) is 0.316. The van der Waals surface area contributed by atoms with Crippen LogP contribution in [0.5, 0.6) is 28.7 Å². The number of fused-ring (bicyclic) bond motifs is 6. The molecule has 9 heteroatoms. The zero-order chi connectivity index (χ0) is 34.0. The number of para-hydroxylation sites is 1. The molecule has 0 saturated carbocycles. The second-order valence-electron chi connectivity index (χ2n) is 14.3. The van der Waals surface area contributed by atoms with Crippen molar-refractivity contribution in [1.29, 1.82) is 0 Å². The summed E-state index contributed by atoms with van der Waals surface area (Å²) in [5.41, 5.74) is -0.758. The number of benzene rings is 3. The molecule has 9 nitrogen and oxygen atoms in total. The molecule has 2 aromatic heterocycles. The highest BCUT2D eigenvalue weighted by Gasteiger charge is 2.45. The number of ether oxygens (including phenoxy) is 2. The lowest BCUT2D eigenvalue weighted by atomic mass is 9.73. The van der Waals surface area contributed by atoms with Gasteiger partial charge < -0.3 is 33.8 Å². The Morgan fingerprint density at radius 2 is 1.64 bits per heavy atom. The number of phenols is 3. The summed E-state index contributed by atoms with van der Waals surface area (Å²) in [6.07, 6.45) is 5.77. The molecule has 0 amide bonds. The van der Waals surface area contributed by atoms with Crippen LogP contribution >= 0.6 is 0 Å². The topological polar surface area (TPSA) is 131 Å². The molecular weight excluding hydrogens is 598 g/mol. The quantitative estimate of drug-likeness (QED) is 0.107. The van der Waals surface area contributed by atoms with E-state index in [0.29, 0.717) is 50.2 Å². The van der Waals surface area contributed by atoms with E-state index < -0.39 is 33.6 Å². The maximum absolute atomic E-state index is 14.3. The van der Waals surface area contributed by atoms with Crippen molar-refractivity contribution < 1.29 is 29.2 Å². The predicted octanol–water partition coefficient (Wildman–Crippen LogP) is 7.26. The Morgan fingerprint density at radius 1 is 0.936 bits per heavy atom. The van der Waals surface area contributed by atoms with Crippen LogP contribution in [0.2, 0.25) is 0 Å². The molecule has 3 aromatic carbocycles. The maximum atomic E-state index is 14.3. The van der Waals surface area contributed by atoms with Crippen LogP contribution in [-0.4, -0.2) is 31.1 Å². The molecule has 2 aliphatic rings. The Kier molecular flexibility index (Phi) is 6.27. The largest absolute Gasteiger partial charge is 0.507 e. The fourth-order valence-corrected chi connectivity index (χ4v) is 7.34. The summed E-state index contributed by atoms with van der Waals surface area (Å²) in [4.78, 5) is 26.7. The second kappa shape index (κ2) is 9.67. The van der Waals surface area contributed by atoms with Crippen molar-refractivity contribution >= 4 is 38.9 Å². The molecule has 47 heavy (non-hydrogen) atoms. The molecule has 0 fully saturated rings. The van der Waals surface area contributed by atoms with Gasteiger partial charge in [0.2, 0.25) is 5.43 Å². The third-order valence-electron chi connectivity index (χ3n) is 9.61. The molecule has 0 aliphatic carbocycles. The summed E-state index contributed by atoms with van der Waals surface area (Å²) in [6.45, 7) is 15.4. The Morgan fingerprint density at radius 3 is 2.34 bits per heavy atom. The van der Waals surface area contributed by atoms with E-state index in [1.807, 2.05) is 53.7 Å².